The van der Waals surface area contributed by atoms with Crippen molar-refractivity contribution in [1.82, 2.24) is 15.2 Å². The molecule has 2 rings (SSSR count). The maximum atomic E-state index is 12.4. The van der Waals surface area contributed by atoms with Crippen LogP contribution in [0, 0.1) is 0 Å². The Balaban J connectivity index is 2.06. The van der Waals surface area contributed by atoms with Crippen molar-refractivity contribution in [3.8, 4) is 0 Å². The van der Waals surface area contributed by atoms with E-state index in [1.54, 1.807) is 12.1 Å². The monoisotopic (exact) mass is 380 g/mol. The number of rotatable bonds is 6. The van der Waals surface area contributed by atoms with Gasteiger partial charge in [-0.25, -0.2) is 0 Å². The quantitative estimate of drug-likeness (QED) is 0.807. The molecule has 2 N–H and O–H groups in total. The third-order valence-corrected chi connectivity index (χ3v) is 3.83. The third kappa shape index (κ3) is 5.70. The van der Waals surface area contributed by atoms with Gasteiger partial charge < -0.3 is 15.5 Å². The van der Waals surface area contributed by atoms with Crippen molar-refractivity contribution in [3.05, 3.63) is 57.8 Å². The molecule has 0 aliphatic heterocycles. The molecule has 2 aromatic rings. The van der Waals surface area contributed by atoms with Crippen LogP contribution in [-0.4, -0.2) is 48.9 Å². The molecule has 0 fully saturated rings. The zero-order valence-corrected chi connectivity index (χ0v) is 15.4. The van der Waals surface area contributed by atoms with Crippen molar-refractivity contribution in [2.24, 2.45) is 0 Å². The fraction of sp³-hybridized carbons (Fsp3) is 0.235. The Hall–Kier alpha value is -2.15. The van der Waals surface area contributed by atoms with Gasteiger partial charge in [0.15, 0.2) is 0 Å². The van der Waals surface area contributed by atoms with Crippen LogP contribution in [-0.2, 0) is 0 Å². The molecule has 0 unspecified atom stereocenters. The highest BCUT2D eigenvalue weighted by Gasteiger charge is 2.13. The average Bonchev–Trinajstić information content (AvgIpc) is 2.57. The van der Waals surface area contributed by atoms with E-state index in [0.717, 1.165) is 0 Å². The second kappa shape index (κ2) is 8.80. The second-order valence-corrected chi connectivity index (χ2v) is 6.41. The van der Waals surface area contributed by atoms with Gasteiger partial charge in [-0.15, -0.1) is 0 Å². The van der Waals surface area contributed by atoms with Crippen LogP contribution < -0.4 is 10.6 Å². The zero-order valence-electron chi connectivity index (χ0n) is 13.8. The van der Waals surface area contributed by atoms with Gasteiger partial charge in [0.05, 0.1) is 10.7 Å². The molecule has 0 bridgehead atoms. The molecule has 2 amide bonds. The third-order valence-electron chi connectivity index (χ3n) is 3.28. The first-order chi connectivity index (χ1) is 11.9. The summed E-state index contributed by atoms with van der Waals surface area (Å²) in [7, 11) is 3.83. The molecule has 1 heterocycles. The van der Waals surface area contributed by atoms with Crippen LogP contribution in [0.3, 0.4) is 0 Å². The van der Waals surface area contributed by atoms with Gasteiger partial charge in [0, 0.05) is 29.9 Å². The molecule has 0 aliphatic rings. The zero-order chi connectivity index (χ0) is 18.4. The molecule has 132 valence electrons. The van der Waals surface area contributed by atoms with Gasteiger partial charge in [0.1, 0.15) is 5.69 Å². The van der Waals surface area contributed by atoms with Crippen molar-refractivity contribution < 1.29 is 9.59 Å². The predicted molar refractivity (Wildman–Crippen MR) is 99.5 cm³/mol. The van der Waals surface area contributed by atoms with Crippen LogP contribution in [0.5, 0.6) is 0 Å². The van der Waals surface area contributed by atoms with Gasteiger partial charge >= 0.3 is 0 Å². The van der Waals surface area contributed by atoms with Crippen molar-refractivity contribution in [1.29, 1.82) is 0 Å². The number of carbonyl (C=O) groups is 2. The summed E-state index contributed by atoms with van der Waals surface area (Å²) in [4.78, 5) is 30.4. The van der Waals surface area contributed by atoms with E-state index >= 15 is 0 Å². The molecule has 0 saturated heterocycles. The number of nitrogens with zero attached hydrogens (tertiary/aromatic N) is 2. The SMILES string of the molecule is CN(C)CCNC(=O)c1cc(C(=O)Nc2ccc(Cl)cc2Cl)ccn1. The van der Waals surface area contributed by atoms with Crippen molar-refractivity contribution >= 4 is 40.7 Å². The molecule has 0 spiro atoms. The fourth-order valence-corrected chi connectivity index (χ4v) is 2.42. The first-order valence-electron chi connectivity index (χ1n) is 7.52. The van der Waals surface area contributed by atoms with E-state index in [0.29, 0.717) is 34.4 Å². The lowest BCUT2D eigenvalue weighted by atomic mass is 10.2. The van der Waals surface area contributed by atoms with Gasteiger partial charge in [-0.2, -0.15) is 0 Å². The van der Waals surface area contributed by atoms with Crippen molar-refractivity contribution in [3.63, 3.8) is 0 Å². The Bertz CT molecular complexity index is 781. The summed E-state index contributed by atoms with van der Waals surface area (Å²) in [5.74, 6) is -0.727. The summed E-state index contributed by atoms with van der Waals surface area (Å²) in [6.45, 7) is 1.20. The molecule has 0 atom stereocenters. The molecule has 6 nitrogen and oxygen atoms in total. The molecule has 1 aromatic carbocycles. The molecule has 0 saturated carbocycles. The van der Waals surface area contributed by atoms with Gasteiger partial charge in [-0.1, -0.05) is 23.2 Å². The maximum absolute atomic E-state index is 12.4. The summed E-state index contributed by atoms with van der Waals surface area (Å²) in [6, 6.07) is 7.73. The smallest absolute Gasteiger partial charge is 0.269 e. The summed E-state index contributed by atoms with van der Waals surface area (Å²) in [5.41, 5.74) is 0.914. The molecule has 1 aromatic heterocycles. The number of pyridine rings is 1. The van der Waals surface area contributed by atoms with Crippen LogP contribution >= 0.6 is 23.2 Å². The van der Waals surface area contributed by atoms with Gasteiger partial charge in [-0.05, 0) is 44.4 Å². The Labute approximate surface area is 156 Å². The van der Waals surface area contributed by atoms with Crippen molar-refractivity contribution in [2.75, 3.05) is 32.5 Å². The van der Waals surface area contributed by atoms with E-state index in [2.05, 4.69) is 15.6 Å². The minimum absolute atomic E-state index is 0.175. The van der Waals surface area contributed by atoms with Gasteiger partial charge in [-0.3, -0.25) is 14.6 Å². The largest absolute Gasteiger partial charge is 0.349 e. The van der Waals surface area contributed by atoms with Crippen LogP contribution in [0.4, 0.5) is 5.69 Å². The minimum atomic E-state index is -0.394. The average molecular weight is 381 g/mol. The first-order valence-corrected chi connectivity index (χ1v) is 8.28. The number of hydrogen-bond acceptors (Lipinski definition) is 4. The summed E-state index contributed by atoms with van der Waals surface area (Å²) in [6.07, 6.45) is 1.42. The standard InChI is InChI=1S/C17H18Cl2N4O2/c1-23(2)8-7-21-17(25)15-9-11(5-6-20-15)16(24)22-14-4-3-12(18)10-13(14)19/h3-6,9-10H,7-8H2,1-2H3,(H,21,25)(H,22,24). The molecule has 25 heavy (non-hydrogen) atoms. The van der Waals surface area contributed by atoms with E-state index in [1.807, 2.05) is 19.0 Å². The van der Waals surface area contributed by atoms with Crippen LogP contribution in [0.2, 0.25) is 10.0 Å². The highest BCUT2D eigenvalue weighted by Crippen LogP contribution is 2.25. The number of aromatic nitrogens is 1. The van der Waals surface area contributed by atoms with E-state index < -0.39 is 5.91 Å². The van der Waals surface area contributed by atoms with Crippen LogP contribution in [0.15, 0.2) is 36.5 Å². The number of benzene rings is 1. The maximum Gasteiger partial charge on any atom is 0.269 e. The predicted octanol–water partition coefficient (Wildman–Crippen LogP) is 2.93. The van der Waals surface area contributed by atoms with E-state index in [9.17, 15) is 9.59 Å². The number of nitrogens with one attached hydrogen (secondary N) is 2. The van der Waals surface area contributed by atoms with Gasteiger partial charge in [0.2, 0.25) is 0 Å². The summed E-state index contributed by atoms with van der Waals surface area (Å²) >= 11 is 11.9. The highest BCUT2D eigenvalue weighted by atomic mass is 35.5. The minimum Gasteiger partial charge on any atom is -0.349 e. The number of halogens is 2. The molecule has 0 aliphatic carbocycles. The van der Waals surface area contributed by atoms with Crippen molar-refractivity contribution in [2.45, 2.75) is 0 Å². The Morgan fingerprint density at radius 2 is 1.88 bits per heavy atom. The van der Waals surface area contributed by atoms with E-state index in [4.69, 9.17) is 23.2 Å². The number of amides is 2. The Morgan fingerprint density at radius 1 is 1.12 bits per heavy atom. The van der Waals surface area contributed by atoms with E-state index in [-0.39, 0.29) is 11.6 Å². The number of hydrogen-bond donors (Lipinski definition) is 2. The fourth-order valence-electron chi connectivity index (χ4n) is 1.96. The molecular weight excluding hydrogens is 363 g/mol. The summed E-state index contributed by atoms with van der Waals surface area (Å²) < 4.78 is 0. The lowest BCUT2D eigenvalue weighted by Crippen LogP contribution is -2.32. The molecule has 8 heteroatoms. The first kappa shape index (κ1) is 19.2. The van der Waals surface area contributed by atoms with Crippen LogP contribution in [0.1, 0.15) is 20.8 Å². The lowest BCUT2D eigenvalue weighted by molar-refractivity contribution is 0.0946. The number of carbonyl (C=O) groups excluding carboxylic acids is 2. The molecular formula is C17H18Cl2N4O2. The van der Waals surface area contributed by atoms with E-state index in [1.165, 1.54) is 24.4 Å². The normalized spacial score (nSPS) is 10.6. The number of anilines is 1. The Kier molecular flexibility index (Phi) is 6.75. The second-order valence-electron chi connectivity index (χ2n) is 5.57. The number of likely N-dealkylation sites (N-methyl/N-ethyl adjacent to an activating group) is 1. The highest BCUT2D eigenvalue weighted by molar-refractivity contribution is 6.36. The summed E-state index contributed by atoms with van der Waals surface area (Å²) in [5, 5.41) is 6.24. The lowest BCUT2D eigenvalue weighted by Gasteiger charge is -2.11. The topological polar surface area (TPSA) is 74.3 Å². The Morgan fingerprint density at radius 3 is 2.56 bits per heavy atom. The molecule has 0 radical (unpaired) electrons. The van der Waals surface area contributed by atoms with Crippen LogP contribution in [0.25, 0.3) is 0 Å². The van der Waals surface area contributed by atoms with Gasteiger partial charge in [0.25, 0.3) is 11.8 Å².